The van der Waals surface area contributed by atoms with Crippen LogP contribution in [-0.4, -0.2) is 36.6 Å². The van der Waals surface area contributed by atoms with Gasteiger partial charge in [0.05, 0.1) is 6.61 Å². The van der Waals surface area contributed by atoms with Crippen LogP contribution in [0.3, 0.4) is 0 Å². The monoisotopic (exact) mass is 309 g/mol. The van der Waals surface area contributed by atoms with Crippen molar-refractivity contribution in [1.82, 2.24) is 4.98 Å². The summed E-state index contributed by atoms with van der Waals surface area (Å²) in [4.78, 5) is 32.9. The van der Waals surface area contributed by atoms with Gasteiger partial charge in [0.2, 0.25) is 5.91 Å². The normalized spacial score (nSPS) is 17.7. The van der Waals surface area contributed by atoms with Gasteiger partial charge in [0.15, 0.2) is 10.8 Å². The molecule has 0 aromatic carbocycles. The lowest BCUT2D eigenvalue weighted by Gasteiger charge is -2.11. The SMILES string of the molecule is CCOC(=O)c1nc(N2CC(CN=[N+]=[N-])CC2=O)sc1C. The Bertz CT molecular complexity index is 608. The zero-order chi connectivity index (χ0) is 15.4. The molecule has 1 fully saturated rings. The summed E-state index contributed by atoms with van der Waals surface area (Å²) in [6.45, 7) is 4.51. The van der Waals surface area contributed by atoms with Crippen LogP contribution in [0.1, 0.15) is 28.7 Å². The van der Waals surface area contributed by atoms with Crippen LogP contribution in [0.5, 0.6) is 0 Å². The van der Waals surface area contributed by atoms with Crippen molar-refractivity contribution in [3.63, 3.8) is 0 Å². The number of thiazole rings is 1. The Morgan fingerprint density at radius 3 is 3.10 bits per heavy atom. The zero-order valence-electron chi connectivity index (χ0n) is 11.8. The van der Waals surface area contributed by atoms with Gasteiger partial charge in [-0.15, -0.1) is 11.3 Å². The molecule has 1 unspecified atom stereocenters. The van der Waals surface area contributed by atoms with Gasteiger partial charge in [-0.25, -0.2) is 9.78 Å². The average Bonchev–Trinajstić information content (AvgIpc) is 3.00. The summed E-state index contributed by atoms with van der Waals surface area (Å²) in [5.74, 6) is -0.560. The van der Waals surface area contributed by atoms with Gasteiger partial charge in [-0.05, 0) is 25.3 Å². The number of aromatic nitrogens is 1. The fourth-order valence-electron chi connectivity index (χ4n) is 2.13. The van der Waals surface area contributed by atoms with Crippen molar-refractivity contribution in [2.24, 2.45) is 11.0 Å². The Hall–Kier alpha value is -2.12. The predicted octanol–water partition coefficient (Wildman–Crippen LogP) is 2.29. The van der Waals surface area contributed by atoms with Gasteiger partial charge in [0.1, 0.15) is 0 Å². The van der Waals surface area contributed by atoms with Crippen LogP contribution in [0.4, 0.5) is 5.13 Å². The van der Waals surface area contributed by atoms with Crippen molar-refractivity contribution >= 4 is 28.3 Å². The first-order chi connectivity index (χ1) is 10.1. The van der Waals surface area contributed by atoms with Crippen molar-refractivity contribution in [2.45, 2.75) is 20.3 Å². The molecule has 1 saturated heterocycles. The second-order valence-electron chi connectivity index (χ2n) is 4.61. The van der Waals surface area contributed by atoms with E-state index in [1.54, 1.807) is 13.8 Å². The van der Waals surface area contributed by atoms with Gasteiger partial charge >= 0.3 is 5.97 Å². The third-order valence-electron chi connectivity index (χ3n) is 3.09. The largest absolute Gasteiger partial charge is 0.461 e. The van der Waals surface area contributed by atoms with Gasteiger partial charge < -0.3 is 4.74 Å². The molecule has 1 aliphatic rings. The first-order valence-corrected chi connectivity index (χ1v) is 7.34. The lowest BCUT2D eigenvalue weighted by molar-refractivity contribution is -0.117. The molecule has 1 aromatic rings. The number of nitrogens with zero attached hydrogens (tertiary/aromatic N) is 5. The maximum atomic E-state index is 12.0. The number of carbonyl (C=O) groups excluding carboxylic acids is 2. The van der Waals surface area contributed by atoms with Crippen LogP contribution in [0.15, 0.2) is 5.11 Å². The van der Waals surface area contributed by atoms with E-state index in [0.717, 1.165) is 4.88 Å². The molecular formula is C12H15N5O3S. The summed E-state index contributed by atoms with van der Waals surface area (Å²) >= 11 is 1.29. The van der Waals surface area contributed by atoms with Crippen molar-refractivity contribution in [3.8, 4) is 0 Å². The molecule has 1 atom stereocenters. The van der Waals surface area contributed by atoms with Crippen LogP contribution in [-0.2, 0) is 9.53 Å². The number of esters is 1. The van der Waals surface area contributed by atoms with E-state index in [1.165, 1.54) is 16.2 Å². The minimum atomic E-state index is -0.477. The molecule has 112 valence electrons. The summed E-state index contributed by atoms with van der Waals surface area (Å²) in [6, 6.07) is 0. The Balaban J connectivity index is 2.15. The first-order valence-electron chi connectivity index (χ1n) is 6.52. The third-order valence-corrected chi connectivity index (χ3v) is 4.09. The number of ether oxygens (including phenoxy) is 1. The number of azide groups is 1. The zero-order valence-corrected chi connectivity index (χ0v) is 12.6. The molecule has 9 heteroatoms. The Morgan fingerprint density at radius 2 is 2.43 bits per heavy atom. The van der Waals surface area contributed by atoms with Gasteiger partial charge in [-0.2, -0.15) is 0 Å². The molecule has 0 N–H and O–H groups in total. The fraction of sp³-hybridized carbons (Fsp3) is 0.583. The van der Waals surface area contributed by atoms with E-state index < -0.39 is 5.97 Å². The first kappa shape index (κ1) is 15.3. The topological polar surface area (TPSA) is 108 Å². The van der Waals surface area contributed by atoms with E-state index in [0.29, 0.717) is 18.1 Å². The molecule has 0 saturated carbocycles. The number of rotatable bonds is 5. The second kappa shape index (κ2) is 6.55. The van der Waals surface area contributed by atoms with Gasteiger partial charge in [-0.3, -0.25) is 9.69 Å². The Morgan fingerprint density at radius 1 is 1.67 bits per heavy atom. The van der Waals surface area contributed by atoms with Crippen LogP contribution < -0.4 is 4.90 Å². The highest BCUT2D eigenvalue weighted by Gasteiger charge is 2.33. The quantitative estimate of drug-likeness (QED) is 0.360. The van der Waals surface area contributed by atoms with Gasteiger partial charge in [0, 0.05) is 29.3 Å². The summed E-state index contributed by atoms with van der Waals surface area (Å²) in [5, 5.41) is 3.99. The number of amides is 1. The molecule has 8 nitrogen and oxygen atoms in total. The number of hydrogen-bond acceptors (Lipinski definition) is 6. The average molecular weight is 309 g/mol. The standard InChI is InChI=1S/C12H15N5O3S/c1-3-20-11(19)10-7(2)21-12(15-10)17-6-8(4-9(17)18)5-14-16-13/h8H,3-6H2,1-2H3. The molecule has 0 aliphatic carbocycles. The summed E-state index contributed by atoms with van der Waals surface area (Å²) in [5.41, 5.74) is 8.58. The van der Waals surface area contributed by atoms with Crippen LogP contribution >= 0.6 is 11.3 Å². The number of aryl methyl sites for hydroxylation is 1. The molecule has 2 heterocycles. The Kier molecular flexibility index (Phi) is 4.77. The minimum absolute atomic E-state index is 0.0105. The molecular weight excluding hydrogens is 294 g/mol. The maximum Gasteiger partial charge on any atom is 0.358 e. The molecule has 1 aromatic heterocycles. The summed E-state index contributed by atoms with van der Waals surface area (Å²) < 4.78 is 4.93. The summed E-state index contributed by atoms with van der Waals surface area (Å²) in [7, 11) is 0. The molecule has 0 radical (unpaired) electrons. The van der Waals surface area contributed by atoms with E-state index in [-0.39, 0.29) is 30.7 Å². The van der Waals surface area contributed by atoms with Crippen molar-refractivity contribution < 1.29 is 14.3 Å². The molecule has 0 bridgehead atoms. The Labute approximate surface area is 125 Å². The van der Waals surface area contributed by atoms with Crippen molar-refractivity contribution in [2.75, 3.05) is 24.6 Å². The van der Waals surface area contributed by atoms with Gasteiger partial charge in [0.25, 0.3) is 0 Å². The number of anilines is 1. The van der Waals surface area contributed by atoms with E-state index in [2.05, 4.69) is 15.0 Å². The lowest BCUT2D eigenvalue weighted by Crippen LogP contribution is -2.24. The predicted molar refractivity (Wildman–Crippen MR) is 77.3 cm³/mol. The van der Waals surface area contributed by atoms with E-state index >= 15 is 0 Å². The highest BCUT2D eigenvalue weighted by molar-refractivity contribution is 7.16. The summed E-state index contributed by atoms with van der Waals surface area (Å²) in [6.07, 6.45) is 0.326. The molecule has 1 aliphatic heterocycles. The molecule has 2 rings (SSSR count). The van der Waals surface area contributed by atoms with E-state index in [4.69, 9.17) is 10.3 Å². The second-order valence-corrected chi connectivity index (χ2v) is 5.79. The third kappa shape index (κ3) is 3.32. The fourth-order valence-corrected chi connectivity index (χ4v) is 3.05. The van der Waals surface area contributed by atoms with E-state index in [1.807, 2.05) is 0 Å². The van der Waals surface area contributed by atoms with Crippen molar-refractivity contribution in [3.05, 3.63) is 21.0 Å². The van der Waals surface area contributed by atoms with Gasteiger partial charge in [-0.1, -0.05) is 5.11 Å². The van der Waals surface area contributed by atoms with Crippen LogP contribution in [0.2, 0.25) is 0 Å². The highest BCUT2D eigenvalue weighted by Crippen LogP contribution is 2.31. The lowest BCUT2D eigenvalue weighted by atomic mass is 10.1. The molecule has 0 spiro atoms. The molecule has 21 heavy (non-hydrogen) atoms. The molecule has 1 amide bonds. The smallest absolute Gasteiger partial charge is 0.358 e. The highest BCUT2D eigenvalue weighted by atomic mass is 32.1. The number of carbonyl (C=O) groups is 2. The van der Waals surface area contributed by atoms with Crippen LogP contribution in [0.25, 0.3) is 10.4 Å². The van der Waals surface area contributed by atoms with Crippen molar-refractivity contribution in [1.29, 1.82) is 0 Å². The van der Waals surface area contributed by atoms with Crippen LogP contribution in [0, 0.1) is 12.8 Å². The maximum absolute atomic E-state index is 12.0. The van der Waals surface area contributed by atoms with E-state index in [9.17, 15) is 9.59 Å². The number of hydrogen-bond donors (Lipinski definition) is 0. The minimum Gasteiger partial charge on any atom is -0.461 e.